The lowest BCUT2D eigenvalue weighted by molar-refractivity contribution is -0.142. The Morgan fingerprint density at radius 1 is 1.33 bits per heavy atom. The van der Waals surface area contributed by atoms with Crippen molar-refractivity contribution in [3.05, 3.63) is 0 Å². The fraction of sp³-hybridized carbons (Fsp3) is 0.833. The zero-order valence-electron chi connectivity index (χ0n) is 10.9. The van der Waals surface area contributed by atoms with E-state index in [0.29, 0.717) is 0 Å². The maximum absolute atomic E-state index is 12.1. The van der Waals surface area contributed by atoms with Crippen molar-refractivity contribution >= 4 is 23.2 Å². The number of hydrogen-bond donors (Lipinski definition) is 1. The van der Waals surface area contributed by atoms with E-state index in [-0.39, 0.29) is 12.0 Å². The van der Waals surface area contributed by atoms with Gasteiger partial charge in [0.1, 0.15) is 6.10 Å². The number of carbonyl (C=O) groups is 1. The van der Waals surface area contributed by atoms with Gasteiger partial charge in [-0.05, 0) is 32.0 Å². The average molecular weight is 271 g/mol. The van der Waals surface area contributed by atoms with E-state index in [9.17, 15) is 4.79 Å². The fourth-order valence-electron chi connectivity index (χ4n) is 2.37. The Hall–Kier alpha value is -0.880. The second-order valence-corrected chi connectivity index (χ2v) is 5.04. The van der Waals surface area contributed by atoms with Crippen molar-refractivity contribution in [3.63, 3.8) is 0 Å². The molecule has 0 saturated carbocycles. The van der Waals surface area contributed by atoms with Crippen molar-refractivity contribution in [1.82, 2.24) is 15.1 Å². The van der Waals surface area contributed by atoms with Crippen molar-refractivity contribution in [2.24, 2.45) is 0 Å². The lowest BCUT2D eigenvalue weighted by Crippen LogP contribution is -2.54. The van der Waals surface area contributed by atoms with E-state index in [1.165, 1.54) is 0 Å². The molecule has 1 amide bonds. The molecular weight excluding hydrogens is 250 g/mol. The summed E-state index contributed by atoms with van der Waals surface area (Å²) in [5, 5.41) is 3.94. The summed E-state index contributed by atoms with van der Waals surface area (Å²) in [6.07, 6.45) is 1.67. The highest BCUT2D eigenvalue weighted by Gasteiger charge is 2.30. The molecule has 2 aliphatic heterocycles. The normalized spacial score (nSPS) is 24.2. The Balaban J connectivity index is 1.79. The number of amides is 1. The SMILES string of the molecule is CCNC(=S)N1CCN(C(=O)[C@H]2CCCO2)CC1. The zero-order chi connectivity index (χ0) is 13.0. The van der Waals surface area contributed by atoms with E-state index in [1.807, 2.05) is 11.8 Å². The lowest BCUT2D eigenvalue weighted by atomic mass is 10.2. The van der Waals surface area contributed by atoms with E-state index in [0.717, 1.165) is 57.3 Å². The molecule has 0 radical (unpaired) electrons. The van der Waals surface area contributed by atoms with Gasteiger partial charge in [0.2, 0.25) is 0 Å². The van der Waals surface area contributed by atoms with Gasteiger partial charge in [-0.15, -0.1) is 0 Å². The number of thiocarbonyl (C=S) groups is 1. The molecule has 0 aromatic rings. The first-order valence-electron chi connectivity index (χ1n) is 6.65. The van der Waals surface area contributed by atoms with Crippen LogP contribution in [0.2, 0.25) is 0 Å². The summed E-state index contributed by atoms with van der Waals surface area (Å²) in [5.41, 5.74) is 0. The highest BCUT2D eigenvalue weighted by Crippen LogP contribution is 2.15. The molecule has 2 rings (SSSR count). The molecule has 2 heterocycles. The minimum absolute atomic E-state index is 0.154. The van der Waals surface area contributed by atoms with E-state index in [4.69, 9.17) is 17.0 Å². The standard InChI is InChI=1S/C12H21N3O2S/c1-2-13-12(18)15-7-5-14(6-8-15)11(16)10-4-3-9-17-10/h10H,2-9H2,1H3,(H,13,18)/t10-/m1/s1. The molecule has 0 unspecified atom stereocenters. The van der Waals surface area contributed by atoms with E-state index in [2.05, 4.69) is 10.2 Å². The molecule has 0 bridgehead atoms. The maximum atomic E-state index is 12.1. The van der Waals surface area contributed by atoms with Crippen LogP contribution in [0.15, 0.2) is 0 Å². The molecule has 1 N–H and O–H groups in total. The summed E-state index contributed by atoms with van der Waals surface area (Å²) >= 11 is 5.27. The van der Waals surface area contributed by atoms with Gasteiger partial charge in [0.25, 0.3) is 5.91 Å². The number of nitrogens with one attached hydrogen (secondary N) is 1. The molecule has 0 aliphatic carbocycles. The lowest BCUT2D eigenvalue weighted by Gasteiger charge is -2.37. The maximum Gasteiger partial charge on any atom is 0.251 e. The molecule has 0 aromatic heterocycles. The number of ether oxygens (including phenoxy) is 1. The first kappa shape index (κ1) is 13.5. The second-order valence-electron chi connectivity index (χ2n) is 4.65. The molecule has 2 fully saturated rings. The first-order chi connectivity index (χ1) is 8.72. The van der Waals surface area contributed by atoms with Gasteiger partial charge in [-0.2, -0.15) is 0 Å². The largest absolute Gasteiger partial charge is 0.368 e. The van der Waals surface area contributed by atoms with Gasteiger partial charge in [-0.3, -0.25) is 4.79 Å². The Kier molecular flexibility index (Phi) is 4.77. The monoisotopic (exact) mass is 271 g/mol. The van der Waals surface area contributed by atoms with Gasteiger partial charge >= 0.3 is 0 Å². The van der Waals surface area contributed by atoms with Gasteiger partial charge in [0, 0.05) is 39.3 Å². The topological polar surface area (TPSA) is 44.8 Å². The number of hydrogen-bond acceptors (Lipinski definition) is 3. The van der Waals surface area contributed by atoms with Gasteiger partial charge in [-0.1, -0.05) is 0 Å². The molecule has 18 heavy (non-hydrogen) atoms. The average Bonchev–Trinajstić information content (AvgIpc) is 2.92. The number of carbonyl (C=O) groups excluding carboxylic acids is 1. The smallest absolute Gasteiger partial charge is 0.251 e. The molecule has 102 valence electrons. The van der Waals surface area contributed by atoms with Crippen LogP contribution in [-0.4, -0.2) is 66.3 Å². The van der Waals surface area contributed by atoms with Gasteiger partial charge in [0.15, 0.2) is 5.11 Å². The van der Waals surface area contributed by atoms with Crippen molar-refractivity contribution in [2.75, 3.05) is 39.3 Å². The molecule has 1 atom stereocenters. The van der Waals surface area contributed by atoms with Crippen molar-refractivity contribution in [1.29, 1.82) is 0 Å². The quantitative estimate of drug-likeness (QED) is 0.727. The second kappa shape index (κ2) is 6.33. The Morgan fingerprint density at radius 3 is 2.56 bits per heavy atom. The summed E-state index contributed by atoms with van der Waals surface area (Å²) in [4.78, 5) is 16.2. The van der Waals surface area contributed by atoms with E-state index < -0.39 is 0 Å². The van der Waals surface area contributed by atoms with Crippen LogP contribution >= 0.6 is 12.2 Å². The predicted molar refractivity (Wildman–Crippen MR) is 73.4 cm³/mol. The third-order valence-corrected chi connectivity index (χ3v) is 3.81. The van der Waals surface area contributed by atoms with Crippen LogP contribution in [0.25, 0.3) is 0 Å². The Morgan fingerprint density at radius 2 is 2.00 bits per heavy atom. The zero-order valence-corrected chi connectivity index (χ0v) is 11.7. The van der Waals surface area contributed by atoms with Crippen LogP contribution in [0, 0.1) is 0 Å². The summed E-state index contributed by atoms with van der Waals surface area (Å²) < 4.78 is 5.44. The van der Waals surface area contributed by atoms with Gasteiger partial charge < -0.3 is 19.9 Å². The van der Waals surface area contributed by atoms with Crippen LogP contribution in [0.3, 0.4) is 0 Å². The van der Waals surface area contributed by atoms with Crippen molar-refractivity contribution in [2.45, 2.75) is 25.9 Å². The summed E-state index contributed by atoms with van der Waals surface area (Å²) in [6, 6.07) is 0. The van der Waals surface area contributed by atoms with Crippen LogP contribution in [0.4, 0.5) is 0 Å². The molecule has 5 nitrogen and oxygen atoms in total. The highest BCUT2D eigenvalue weighted by molar-refractivity contribution is 7.80. The van der Waals surface area contributed by atoms with Crippen LogP contribution < -0.4 is 5.32 Å². The molecule has 2 saturated heterocycles. The summed E-state index contributed by atoms with van der Waals surface area (Å²) in [7, 11) is 0. The van der Waals surface area contributed by atoms with E-state index in [1.54, 1.807) is 0 Å². The highest BCUT2D eigenvalue weighted by atomic mass is 32.1. The predicted octanol–water partition coefficient (Wildman–Crippen LogP) is 0.204. The third-order valence-electron chi connectivity index (χ3n) is 3.41. The van der Waals surface area contributed by atoms with Gasteiger partial charge in [-0.25, -0.2) is 0 Å². The summed E-state index contributed by atoms with van der Waals surface area (Å²) in [5.74, 6) is 0.154. The minimum atomic E-state index is -0.197. The van der Waals surface area contributed by atoms with Crippen molar-refractivity contribution in [3.8, 4) is 0 Å². The van der Waals surface area contributed by atoms with Gasteiger partial charge in [0.05, 0.1) is 0 Å². The fourth-order valence-corrected chi connectivity index (χ4v) is 2.70. The van der Waals surface area contributed by atoms with Crippen LogP contribution in [0.1, 0.15) is 19.8 Å². The van der Waals surface area contributed by atoms with Crippen LogP contribution in [-0.2, 0) is 9.53 Å². The van der Waals surface area contributed by atoms with Crippen molar-refractivity contribution < 1.29 is 9.53 Å². The Labute approximate surface area is 113 Å². The number of nitrogens with zero attached hydrogens (tertiary/aromatic N) is 2. The number of piperazine rings is 1. The molecule has 6 heteroatoms. The van der Waals surface area contributed by atoms with E-state index >= 15 is 0 Å². The molecule has 0 spiro atoms. The molecular formula is C12H21N3O2S. The minimum Gasteiger partial charge on any atom is -0.368 e. The summed E-state index contributed by atoms with van der Waals surface area (Å²) in [6.45, 7) is 6.70. The molecule has 0 aromatic carbocycles. The third kappa shape index (κ3) is 3.11. The number of rotatable bonds is 2. The Bertz CT molecular complexity index is 310. The van der Waals surface area contributed by atoms with Crippen LogP contribution in [0.5, 0.6) is 0 Å². The first-order valence-corrected chi connectivity index (χ1v) is 7.06. The molecule has 2 aliphatic rings.